The topological polar surface area (TPSA) is 30.2 Å². The van der Waals surface area contributed by atoms with Crippen LogP contribution in [0, 0.1) is 0 Å². The van der Waals surface area contributed by atoms with Crippen molar-refractivity contribution in [2.75, 3.05) is 20.1 Å². The smallest absolute Gasteiger partial charge is 0.306 e. The van der Waals surface area contributed by atoms with E-state index >= 15 is 0 Å². The van der Waals surface area contributed by atoms with Gasteiger partial charge in [-0.1, -0.05) is 12.1 Å². The first-order chi connectivity index (χ1) is 8.68. The van der Waals surface area contributed by atoms with Gasteiger partial charge in [0.25, 0.3) is 0 Å². The number of likely N-dealkylation sites (N-methyl/N-ethyl adjacent to an activating group) is 1. The molecule has 2 atom stereocenters. The number of para-hydroxylation sites is 1. The molecular formula is C14H17N3O. The molecule has 1 aromatic heterocycles. The summed E-state index contributed by atoms with van der Waals surface area (Å²) in [6.45, 7) is 2.15. The van der Waals surface area contributed by atoms with Crippen LogP contribution in [0.15, 0.2) is 23.0 Å². The number of hydrogen-bond donors (Lipinski definition) is 0. The third-order valence-electron chi connectivity index (χ3n) is 4.65. The number of hydrogen-bond acceptors (Lipinski definition) is 2. The van der Waals surface area contributed by atoms with Gasteiger partial charge in [0.15, 0.2) is 0 Å². The van der Waals surface area contributed by atoms with Gasteiger partial charge >= 0.3 is 5.69 Å². The molecule has 0 amide bonds. The fourth-order valence-electron chi connectivity index (χ4n) is 3.77. The maximum Gasteiger partial charge on any atom is 0.329 e. The lowest BCUT2D eigenvalue weighted by molar-refractivity contribution is 0.201. The van der Waals surface area contributed by atoms with E-state index in [0.717, 1.165) is 25.0 Å². The Kier molecular flexibility index (Phi) is 1.88. The number of benzene rings is 1. The summed E-state index contributed by atoms with van der Waals surface area (Å²) in [6.07, 6.45) is 1.08. The van der Waals surface area contributed by atoms with Gasteiger partial charge in [-0.3, -0.25) is 9.13 Å². The molecule has 94 valence electrons. The van der Waals surface area contributed by atoms with E-state index in [1.165, 1.54) is 11.1 Å². The van der Waals surface area contributed by atoms with Crippen LogP contribution in [0.5, 0.6) is 0 Å². The molecule has 4 nitrogen and oxygen atoms in total. The van der Waals surface area contributed by atoms with E-state index in [1.807, 2.05) is 11.6 Å². The fraction of sp³-hybridized carbons (Fsp3) is 0.500. The third kappa shape index (κ3) is 1.07. The summed E-state index contributed by atoms with van der Waals surface area (Å²) in [5, 5.41) is 0. The number of imidazole rings is 1. The molecule has 1 fully saturated rings. The monoisotopic (exact) mass is 243 g/mol. The number of piperidine rings is 1. The van der Waals surface area contributed by atoms with E-state index in [4.69, 9.17) is 0 Å². The molecule has 2 aliphatic rings. The van der Waals surface area contributed by atoms with Crippen LogP contribution in [0.4, 0.5) is 0 Å². The highest BCUT2D eigenvalue weighted by Crippen LogP contribution is 2.44. The average Bonchev–Trinajstić information content (AvgIpc) is 2.83. The van der Waals surface area contributed by atoms with Gasteiger partial charge in [0.2, 0.25) is 0 Å². The van der Waals surface area contributed by atoms with Gasteiger partial charge in [-0.05, 0) is 31.6 Å². The van der Waals surface area contributed by atoms with Crippen molar-refractivity contribution in [3.63, 3.8) is 0 Å². The molecule has 4 rings (SSSR count). The lowest BCUT2D eigenvalue weighted by Gasteiger charge is -2.33. The van der Waals surface area contributed by atoms with Gasteiger partial charge < -0.3 is 4.90 Å². The first kappa shape index (κ1) is 10.4. The van der Waals surface area contributed by atoms with Crippen LogP contribution >= 0.6 is 0 Å². The molecule has 0 N–H and O–H groups in total. The summed E-state index contributed by atoms with van der Waals surface area (Å²) in [4.78, 5) is 14.8. The van der Waals surface area contributed by atoms with Crippen molar-refractivity contribution in [2.24, 2.45) is 7.05 Å². The molecule has 18 heavy (non-hydrogen) atoms. The number of rotatable bonds is 0. The van der Waals surface area contributed by atoms with Crippen LogP contribution in [0.25, 0.3) is 11.0 Å². The van der Waals surface area contributed by atoms with E-state index in [2.05, 4.69) is 30.1 Å². The fourth-order valence-corrected chi connectivity index (χ4v) is 3.77. The lowest BCUT2D eigenvalue weighted by atomic mass is 9.89. The quantitative estimate of drug-likeness (QED) is 0.698. The van der Waals surface area contributed by atoms with Crippen LogP contribution in [-0.2, 0) is 7.05 Å². The maximum atomic E-state index is 12.4. The summed E-state index contributed by atoms with van der Waals surface area (Å²) in [7, 11) is 4.04. The Morgan fingerprint density at radius 2 is 2.11 bits per heavy atom. The highest BCUT2D eigenvalue weighted by atomic mass is 16.1. The highest BCUT2D eigenvalue weighted by molar-refractivity contribution is 5.82. The van der Waals surface area contributed by atoms with Crippen molar-refractivity contribution in [2.45, 2.75) is 18.4 Å². The Bertz CT molecular complexity index is 697. The largest absolute Gasteiger partial charge is 0.329 e. The second-order valence-corrected chi connectivity index (χ2v) is 5.65. The van der Waals surface area contributed by atoms with Crippen LogP contribution < -0.4 is 5.69 Å². The minimum Gasteiger partial charge on any atom is -0.306 e. The van der Waals surface area contributed by atoms with E-state index in [1.54, 1.807) is 4.57 Å². The van der Waals surface area contributed by atoms with Crippen molar-refractivity contribution in [3.8, 4) is 0 Å². The molecule has 0 aliphatic carbocycles. The predicted molar refractivity (Wildman–Crippen MR) is 71.1 cm³/mol. The van der Waals surface area contributed by atoms with Gasteiger partial charge in [0, 0.05) is 25.6 Å². The zero-order valence-electron chi connectivity index (χ0n) is 10.8. The van der Waals surface area contributed by atoms with Crippen molar-refractivity contribution >= 4 is 11.0 Å². The van der Waals surface area contributed by atoms with Gasteiger partial charge in [0.1, 0.15) is 0 Å². The minimum atomic E-state index is 0.148. The number of aryl methyl sites for hydroxylation is 1. The molecule has 1 saturated heterocycles. The molecule has 0 saturated carbocycles. The Morgan fingerprint density at radius 3 is 2.94 bits per heavy atom. The Labute approximate surface area is 105 Å². The van der Waals surface area contributed by atoms with Crippen molar-refractivity contribution in [1.29, 1.82) is 0 Å². The number of fused-ring (bicyclic) bond motifs is 3. The Morgan fingerprint density at radius 1 is 1.28 bits per heavy atom. The van der Waals surface area contributed by atoms with Crippen LogP contribution in [0.2, 0.25) is 0 Å². The van der Waals surface area contributed by atoms with Gasteiger partial charge in [0.05, 0.1) is 11.0 Å². The summed E-state index contributed by atoms with van der Waals surface area (Å²) >= 11 is 0. The van der Waals surface area contributed by atoms with Crippen LogP contribution in [0.1, 0.15) is 23.9 Å². The van der Waals surface area contributed by atoms with Gasteiger partial charge in [-0.25, -0.2) is 4.79 Å². The second-order valence-electron chi connectivity index (χ2n) is 5.65. The lowest BCUT2D eigenvalue weighted by Crippen LogP contribution is -2.38. The second kappa shape index (κ2) is 3.26. The summed E-state index contributed by atoms with van der Waals surface area (Å²) in [5.74, 6) is 0.497. The SMILES string of the molecule is CN1CC[C@H]2[C@@H](C1)c1cccc3c1n2c(=O)n3C. The summed E-state index contributed by atoms with van der Waals surface area (Å²) in [5.41, 5.74) is 3.76. The van der Waals surface area contributed by atoms with Crippen LogP contribution in [0.3, 0.4) is 0 Å². The van der Waals surface area contributed by atoms with Crippen molar-refractivity contribution in [3.05, 3.63) is 34.2 Å². The van der Waals surface area contributed by atoms with Gasteiger partial charge in [-0.2, -0.15) is 0 Å². The maximum absolute atomic E-state index is 12.4. The molecule has 1 aromatic carbocycles. The number of aromatic nitrogens is 2. The summed E-state index contributed by atoms with van der Waals surface area (Å²) in [6, 6.07) is 6.70. The first-order valence-corrected chi connectivity index (χ1v) is 6.57. The first-order valence-electron chi connectivity index (χ1n) is 6.57. The molecular weight excluding hydrogens is 226 g/mol. The molecule has 0 bridgehead atoms. The van der Waals surface area contributed by atoms with E-state index in [9.17, 15) is 4.79 Å². The zero-order chi connectivity index (χ0) is 12.4. The highest BCUT2D eigenvalue weighted by Gasteiger charge is 2.39. The van der Waals surface area contributed by atoms with E-state index in [-0.39, 0.29) is 5.69 Å². The minimum absolute atomic E-state index is 0.148. The molecule has 0 spiro atoms. The zero-order valence-corrected chi connectivity index (χ0v) is 10.8. The summed E-state index contributed by atoms with van der Waals surface area (Å²) < 4.78 is 3.83. The van der Waals surface area contributed by atoms with Gasteiger partial charge in [-0.15, -0.1) is 0 Å². The molecule has 2 aliphatic heterocycles. The van der Waals surface area contributed by atoms with E-state index < -0.39 is 0 Å². The number of likely N-dealkylation sites (tertiary alicyclic amines) is 1. The third-order valence-corrected chi connectivity index (χ3v) is 4.65. The molecule has 3 heterocycles. The standard InChI is InChI=1S/C14H17N3O/c1-15-7-6-11-10(8-15)9-4-3-5-12-13(9)17(11)14(18)16(12)2/h3-5,10-11H,6-8H2,1-2H3/t10-,11-/m0/s1. The van der Waals surface area contributed by atoms with E-state index in [0.29, 0.717) is 12.0 Å². The van der Waals surface area contributed by atoms with Crippen molar-refractivity contribution < 1.29 is 0 Å². The Hall–Kier alpha value is -1.55. The molecule has 0 radical (unpaired) electrons. The normalized spacial score (nSPS) is 26.8. The van der Waals surface area contributed by atoms with Crippen molar-refractivity contribution in [1.82, 2.24) is 14.0 Å². The Balaban J connectivity index is 2.06. The predicted octanol–water partition coefficient (Wildman–Crippen LogP) is 1.31. The average molecular weight is 243 g/mol. The molecule has 0 unspecified atom stereocenters. The number of nitrogens with zero attached hydrogens (tertiary/aromatic N) is 3. The van der Waals surface area contributed by atoms with Crippen LogP contribution in [-0.4, -0.2) is 34.2 Å². The molecule has 4 heteroatoms. The molecule has 2 aromatic rings.